The van der Waals surface area contributed by atoms with Crippen LogP contribution in [-0.2, 0) is 24.2 Å². The predicted molar refractivity (Wildman–Crippen MR) is 111 cm³/mol. The third-order valence-corrected chi connectivity index (χ3v) is 5.70. The van der Waals surface area contributed by atoms with Gasteiger partial charge in [-0.25, -0.2) is 4.98 Å². The van der Waals surface area contributed by atoms with Crippen molar-refractivity contribution in [1.29, 1.82) is 0 Å². The summed E-state index contributed by atoms with van der Waals surface area (Å²) in [5.41, 5.74) is 5.77. The molecule has 0 unspecified atom stereocenters. The summed E-state index contributed by atoms with van der Waals surface area (Å²) in [5, 5.41) is 5.87. The fourth-order valence-corrected chi connectivity index (χ4v) is 4.24. The molecule has 4 nitrogen and oxygen atoms in total. The number of anilines is 2. The number of thiazole rings is 1. The van der Waals surface area contributed by atoms with Crippen molar-refractivity contribution in [2.45, 2.75) is 32.7 Å². The van der Waals surface area contributed by atoms with Crippen molar-refractivity contribution < 1.29 is 4.79 Å². The fourth-order valence-electron chi connectivity index (χ4n) is 3.45. The number of carbonyl (C=O) groups excluding carboxylic acids is 1. The maximum atomic E-state index is 12.3. The number of fused-ring (bicyclic) bond motifs is 1. The van der Waals surface area contributed by atoms with Gasteiger partial charge >= 0.3 is 0 Å². The number of aromatic nitrogens is 1. The van der Waals surface area contributed by atoms with Crippen LogP contribution in [0.15, 0.2) is 53.9 Å². The fraction of sp³-hybridized carbons (Fsp3) is 0.273. The lowest BCUT2D eigenvalue weighted by Crippen LogP contribution is -2.28. The number of aryl methyl sites for hydroxylation is 2. The summed E-state index contributed by atoms with van der Waals surface area (Å²) in [6, 6.07) is 16.4. The average Bonchev–Trinajstić information content (AvgIpc) is 3.10. The molecule has 0 saturated carbocycles. The normalized spacial score (nSPS) is 13.3. The second-order valence-corrected chi connectivity index (χ2v) is 7.92. The zero-order valence-electron chi connectivity index (χ0n) is 15.4. The quantitative estimate of drug-likeness (QED) is 0.707. The van der Waals surface area contributed by atoms with E-state index in [-0.39, 0.29) is 5.91 Å². The van der Waals surface area contributed by atoms with Gasteiger partial charge in [-0.2, -0.15) is 0 Å². The molecule has 27 heavy (non-hydrogen) atoms. The SMILES string of the molecule is Cc1ccc(NC(=O)Cc2nc(CN3CCCc4ccccc43)cs2)cc1. The van der Waals surface area contributed by atoms with Crippen LogP contribution in [0.2, 0.25) is 0 Å². The lowest BCUT2D eigenvalue weighted by Gasteiger charge is -2.30. The number of amides is 1. The highest BCUT2D eigenvalue weighted by Crippen LogP contribution is 2.28. The summed E-state index contributed by atoms with van der Waals surface area (Å²) in [4.78, 5) is 19.4. The highest BCUT2D eigenvalue weighted by Gasteiger charge is 2.17. The highest BCUT2D eigenvalue weighted by atomic mass is 32.1. The number of benzene rings is 2. The Bertz CT molecular complexity index is 933. The van der Waals surface area contributed by atoms with Crippen molar-refractivity contribution in [3.05, 3.63) is 75.7 Å². The number of hydrogen-bond acceptors (Lipinski definition) is 4. The number of rotatable bonds is 5. The van der Waals surface area contributed by atoms with Crippen LogP contribution in [0.25, 0.3) is 0 Å². The van der Waals surface area contributed by atoms with Gasteiger partial charge in [-0.3, -0.25) is 4.79 Å². The second-order valence-electron chi connectivity index (χ2n) is 6.98. The van der Waals surface area contributed by atoms with E-state index >= 15 is 0 Å². The second kappa shape index (κ2) is 7.92. The van der Waals surface area contributed by atoms with Crippen molar-refractivity contribution in [3.8, 4) is 0 Å². The van der Waals surface area contributed by atoms with Crippen LogP contribution in [0.3, 0.4) is 0 Å². The van der Waals surface area contributed by atoms with Gasteiger partial charge < -0.3 is 10.2 Å². The molecule has 0 saturated heterocycles. The Morgan fingerprint density at radius 3 is 2.85 bits per heavy atom. The Morgan fingerprint density at radius 2 is 2.00 bits per heavy atom. The van der Waals surface area contributed by atoms with Gasteiger partial charge in [0.25, 0.3) is 0 Å². The monoisotopic (exact) mass is 377 g/mol. The van der Waals surface area contributed by atoms with E-state index in [2.05, 4.69) is 44.8 Å². The third kappa shape index (κ3) is 4.37. The van der Waals surface area contributed by atoms with E-state index in [0.29, 0.717) is 6.42 Å². The summed E-state index contributed by atoms with van der Waals surface area (Å²) in [6.45, 7) is 3.88. The molecule has 0 bridgehead atoms. The summed E-state index contributed by atoms with van der Waals surface area (Å²) in [6.07, 6.45) is 2.64. The largest absolute Gasteiger partial charge is 0.365 e. The molecule has 138 valence electrons. The molecule has 1 aliphatic rings. The first-order valence-corrected chi connectivity index (χ1v) is 10.2. The molecule has 2 aromatic carbocycles. The molecule has 5 heteroatoms. The highest BCUT2D eigenvalue weighted by molar-refractivity contribution is 7.09. The van der Waals surface area contributed by atoms with Crippen LogP contribution in [-0.4, -0.2) is 17.4 Å². The first-order valence-electron chi connectivity index (χ1n) is 9.30. The molecule has 1 aliphatic heterocycles. The molecule has 3 aromatic rings. The van der Waals surface area contributed by atoms with Gasteiger partial charge in [0.2, 0.25) is 5.91 Å². The molecule has 1 amide bonds. The standard InChI is InChI=1S/C22H23N3OS/c1-16-8-10-18(11-9-16)23-21(26)13-22-24-19(15-27-22)14-25-12-4-6-17-5-2-3-7-20(17)25/h2-3,5,7-11,15H,4,6,12-14H2,1H3,(H,23,26). The van der Waals surface area contributed by atoms with E-state index in [4.69, 9.17) is 0 Å². The van der Waals surface area contributed by atoms with Crippen molar-refractivity contribution in [2.24, 2.45) is 0 Å². The van der Waals surface area contributed by atoms with Crippen LogP contribution in [0.5, 0.6) is 0 Å². The number of hydrogen-bond donors (Lipinski definition) is 1. The first-order chi connectivity index (χ1) is 13.2. The molecule has 0 spiro atoms. The van der Waals surface area contributed by atoms with E-state index in [0.717, 1.165) is 35.9 Å². The van der Waals surface area contributed by atoms with Gasteiger partial charge in [0.1, 0.15) is 5.01 Å². The summed E-state index contributed by atoms with van der Waals surface area (Å²) in [5.74, 6) is -0.0249. The van der Waals surface area contributed by atoms with Gasteiger partial charge in [-0.1, -0.05) is 35.9 Å². The Balaban J connectivity index is 1.38. The van der Waals surface area contributed by atoms with Gasteiger partial charge in [0.15, 0.2) is 0 Å². The maximum Gasteiger partial charge on any atom is 0.231 e. The number of nitrogens with one attached hydrogen (secondary N) is 1. The lowest BCUT2D eigenvalue weighted by atomic mass is 10.0. The Kier molecular flexibility index (Phi) is 5.21. The molecule has 0 aliphatic carbocycles. The Labute approximate surface area is 163 Å². The topological polar surface area (TPSA) is 45.2 Å². The number of carbonyl (C=O) groups is 1. The van der Waals surface area contributed by atoms with E-state index in [1.165, 1.54) is 23.2 Å². The lowest BCUT2D eigenvalue weighted by molar-refractivity contribution is -0.115. The maximum absolute atomic E-state index is 12.3. The summed E-state index contributed by atoms with van der Waals surface area (Å²) >= 11 is 1.56. The number of nitrogens with zero attached hydrogens (tertiary/aromatic N) is 2. The zero-order valence-corrected chi connectivity index (χ0v) is 16.3. The minimum atomic E-state index is -0.0249. The van der Waals surface area contributed by atoms with E-state index in [1.807, 2.05) is 31.2 Å². The number of para-hydroxylation sites is 1. The van der Waals surface area contributed by atoms with Gasteiger partial charge in [-0.15, -0.1) is 11.3 Å². The van der Waals surface area contributed by atoms with Crippen LogP contribution in [0.1, 0.15) is 28.2 Å². The minimum Gasteiger partial charge on any atom is -0.365 e. The molecule has 4 rings (SSSR count). The third-order valence-electron chi connectivity index (χ3n) is 4.81. The minimum absolute atomic E-state index is 0.0249. The molecule has 1 aromatic heterocycles. The molecule has 0 atom stereocenters. The molecule has 0 fully saturated rings. The van der Waals surface area contributed by atoms with Gasteiger partial charge in [0.05, 0.1) is 18.7 Å². The summed E-state index contributed by atoms with van der Waals surface area (Å²) in [7, 11) is 0. The van der Waals surface area contributed by atoms with Crippen molar-refractivity contribution in [1.82, 2.24) is 4.98 Å². The van der Waals surface area contributed by atoms with Crippen LogP contribution >= 0.6 is 11.3 Å². The molecule has 1 N–H and O–H groups in total. The zero-order chi connectivity index (χ0) is 18.6. The van der Waals surface area contributed by atoms with Crippen molar-refractivity contribution in [2.75, 3.05) is 16.8 Å². The van der Waals surface area contributed by atoms with Crippen molar-refractivity contribution in [3.63, 3.8) is 0 Å². The van der Waals surface area contributed by atoms with Gasteiger partial charge in [-0.05, 0) is 43.5 Å². The smallest absolute Gasteiger partial charge is 0.231 e. The predicted octanol–water partition coefficient (Wildman–Crippen LogP) is 4.59. The first kappa shape index (κ1) is 17.7. The van der Waals surface area contributed by atoms with E-state index in [1.54, 1.807) is 11.3 Å². The molecule has 0 radical (unpaired) electrons. The van der Waals surface area contributed by atoms with Crippen LogP contribution in [0, 0.1) is 6.92 Å². The van der Waals surface area contributed by atoms with Gasteiger partial charge in [0, 0.05) is 23.3 Å². The summed E-state index contributed by atoms with van der Waals surface area (Å²) < 4.78 is 0. The molecular weight excluding hydrogens is 354 g/mol. The average molecular weight is 378 g/mol. The van der Waals surface area contributed by atoms with Crippen molar-refractivity contribution >= 4 is 28.6 Å². The van der Waals surface area contributed by atoms with Crippen LogP contribution in [0.4, 0.5) is 11.4 Å². The van der Waals surface area contributed by atoms with E-state index in [9.17, 15) is 4.79 Å². The van der Waals surface area contributed by atoms with Crippen LogP contribution < -0.4 is 10.2 Å². The Hall–Kier alpha value is -2.66. The molecule has 2 heterocycles. The van der Waals surface area contributed by atoms with E-state index < -0.39 is 0 Å². The Morgan fingerprint density at radius 1 is 1.19 bits per heavy atom. The molecular formula is C22H23N3OS.